The van der Waals surface area contributed by atoms with Crippen molar-refractivity contribution in [2.45, 2.75) is 65.1 Å². The Balaban J connectivity index is 3.21. The number of phenols is 1. The first kappa shape index (κ1) is 16.1. The number of rotatable bonds is 5. The summed E-state index contributed by atoms with van der Waals surface area (Å²) in [5.74, 6) is 1.23. The molecule has 0 saturated carbocycles. The van der Waals surface area contributed by atoms with Gasteiger partial charge in [0.05, 0.1) is 0 Å². The molecule has 0 radical (unpaired) electrons. The predicted octanol–water partition coefficient (Wildman–Crippen LogP) is 5.25. The van der Waals surface area contributed by atoms with E-state index >= 15 is 0 Å². The zero-order valence-electron chi connectivity index (χ0n) is 13.3. The van der Waals surface area contributed by atoms with E-state index in [9.17, 15) is 5.11 Å². The third kappa shape index (κ3) is 3.14. The van der Waals surface area contributed by atoms with Gasteiger partial charge in [-0.2, -0.15) is 0 Å². The first-order valence-electron chi connectivity index (χ1n) is 7.20. The minimum absolute atomic E-state index is 0.302. The average Bonchev–Trinajstić information content (AvgIpc) is 2.26. The van der Waals surface area contributed by atoms with Crippen LogP contribution in [0.3, 0.4) is 0 Å². The van der Waals surface area contributed by atoms with E-state index in [-0.39, 0.29) is 0 Å². The van der Waals surface area contributed by atoms with Crippen LogP contribution in [-0.4, -0.2) is 13.4 Å². The number of benzene rings is 1. The average molecular weight is 280 g/mol. The molecule has 0 fully saturated rings. The zero-order valence-corrected chi connectivity index (χ0v) is 14.3. The molecule has 0 saturated heterocycles. The van der Waals surface area contributed by atoms with Gasteiger partial charge in [-0.1, -0.05) is 41.5 Å². The van der Waals surface area contributed by atoms with Crippen molar-refractivity contribution >= 4 is 8.32 Å². The van der Waals surface area contributed by atoms with Gasteiger partial charge in [-0.15, -0.1) is 0 Å². The maximum atomic E-state index is 9.52. The molecule has 2 nitrogen and oxygen atoms in total. The summed E-state index contributed by atoms with van der Waals surface area (Å²) in [5.41, 5.74) is 2.68. The third-order valence-electron chi connectivity index (χ3n) is 4.15. The topological polar surface area (TPSA) is 29.5 Å². The molecule has 0 amide bonds. The van der Waals surface area contributed by atoms with E-state index < -0.39 is 8.32 Å². The summed E-state index contributed by atoms with van der Waals surface area (Å²) in [6.45, 7) is 15.7. The highest BCUT2D eigenvalue weighted by molar-refractivity contribution is 6.78. The Labute approximate surface area is 118 Å². The van der Waals surface area contributed by atoms with E-state index in [4.69, 9.17) is 4.43 Å². The van der Waals surface area contributed by atoms with E-state index in [0.717, 1.165) is 11.3 Å². The number of hydrogen-bond acceptors (Lipinski definition) is 2. The van der Waals surface area contributed by atoms with Crippen LogP contribution in [-0.2, 0) is 0 Å². The molecule has 0 bridgehead atoms. The van der Waals surface area contributed by atoms with Gasteiger partial charge >= 0.3 is 0 Å². The number of aryl methyl sites for hydroxylation is 1. The van der Waals surface area contributed by atoms with Crippen LogP contribution in [0.5, 0.6) is 11.5 Å². The van der Waals surface area contributed by atoms with Crippen molar-refractivity contribution < 1.29 is 9.53 Å². The monoisotopic (exact) mass is 280 g/mol. The summed E-state index contributed by atoms with van der Waals surface area (Å²) in [4.78, 5) is 0. The summed E-state index contributed by atoms with van der Waals surface area (Å²) >= 11 is 0. The molecule has 108 valence electrons. The van der Waals surface area contributed by atoms with Gasteiger partial charge in [0.15, 0.2) is 0 Å². The standard InChI is InChI=1S/C16H28O2Si/c1-11(2)19(12(3)4,13(5)6)18-16-9-8-15(17)10-14(16)7/h8-13,17H,1-7H3. The highest BCUT2D eigenvalue weighted by atomic mass is 28.4. The van der Waals surface area contributed by atoms with E-state index in [1.165, 1.54) is 0 Å². The Morgan fingerprint density at radius 3 is 1.79 bits per heavy atom. The summed E-state index contributed by atoms with van der Waals surface area (Å²) in [6, 6.07) is 5.39. The smallest absolute Gasteiger partial charge is 0.258 e. The fraction of sp³-hybridized carbons (Fsp3) is 0.625. The molecule has 19 heavy (non-hydrogen) atoms. The van der Waals surface area contributed by atoms with Gasteiger partial charge in [-0.3, -0.25) is 0 Å². The van der Waals surface area contributed by atoms with Gasteiger partial charge < -0.3 is 9.53 Å². The molecular formula is C16H28O2Si. The van der Waals surface area contributed by atoms with Gasteiger partial charge in [0, 0.05) is 0 Å². The minimum Gasteiger partial charge on any atom is -0.543 e. The van der Waals surface area contributed by atoms with Crippen LogP contribution >= 0.6 is 0 Å². The lowest BCUT2D eigenvalue weighted by molar-refractivity contribution is 0.462. The van der Waals surface area contributed by atoms with E-state index in [2.05, 4.69) is 41.5 Å². The summed E-state index contributed by atoms with van der Waals surface area (Å²) in [5, 5.41) is 9.52. The Morgan fingerprint density at radius 1 is 0.947 bits per heavy atom. The molecule has 0 atom stereocenters. The van der Waals surface area contributed by atoms with Crippen molar-refractivity contribution in [3.05, 3.63) is 23.8 Å². The fourth-order valence-electron chi connectivity index (χ4n) is 3.29. The fourth-order valence-corrected chi connectivity index (χ4v) is 8.61. The second kappa shape index (κ2) is 5.99. The second-order valence-corrected chi connectivity index (χ2v) is 11.7. The van der Waals surface area contributed by atoms with E-state index in [1.54, 1.807) is 12.1 Å². The maximum Gasteiger partial charge on any atom is 0.258 e. The maximum absolute atomic E-state index is 9.52. The van der Waals surface area contributed by atoms with Crippen LogP contribution in [0.25, 0.3) is 0 Å². The first-order chi connectivity index (χ1) is 8.71. The largest absolute Gasteiger partial charge is 0.543 e. The lowest BCUT2D eigenvalue weighted by atomic mass is 10.2. The van der Waals surface area contributed by atoms with Crippen LogP contribution in [0.1, 0.15) is 47.1 Å². The van der Waals surface area contributed by atoms with Gasteiger partial charge in [-0.25, -0.2) is 0 Å². The van der Waals surface area contributed by atoms with Crippen LogP contribution in [0.2, 0.25) is 16.6 Å². The second-order valence-electron chi connectivity index (χ2n) is 6.37. The number of hydrogen-bond donors (Lipinski definition) is 1. The lowest BCUT2D eigenvalue weighted by Crippen LogP contribution is -2.50. The van der Waals surface area contributed by atoms with Crippen molar-refractivity contribution in [1.82, 2.24) is 0 Å². The molecule has 1 rings (SSSR count). The molecule has 0 aliphatic heterocycles. The number of aromatic hydroxyl groups is 1. The predicted molar refractivity (Wildman–Crippen MR) is 84.5 cm³/mol. The molecule has 0 heterocycles. The normalized spacial score (nSPS) is 12.5. The third-order valence-corrected chi connectivity index (χ3v) is 10.1. The van der Waals surface area contributed by atoms with Crippen molar-refractivity contribution in [2.75, 3.05) is 0 Å². The molecule has 1 aromatic rings. The Bertz CT molecular complexity index is 403. The van der Waals surface area contributed by atoms with Crippen LogP contribution < -0.4 is 4.43 Å². The molecule has 3 heteroatoms. The molecule has 0 aliphatic carbocycles. The molecule has 1 aromatic carbocycles. The van der Waals surface area contributed by atoms with Crippen LogP contribution in [0.4, 0.5) is 0 Å². The van der Waals surface area contributed by atoms with E-state index in [0.29, 0.717) is 22.4 Å². The molecule has 0 unspecified atom stereocenters. The van der Waals surface area contributed by atoms with Gasteiger partial charge in [0.1, 0.15) is 11.5 Å². The van der Waals surface area contributed by atoms with Crippen LogP contribution in [0, 0.1) is 6.92 Å². The summed E-state index contributed by atoms with van der Waals surface area (Å²) < 4.78 is 6.60. The minimum atomic E-state index is -1.90. The van der Waals surface area contributed by atoms with Crippen molar-refractivity contribution in [1.29, 1.82) is 0 Å². The van der Waals surface area contributed by atoms with Crippen molar-refractivity contribution in [2.24, 2.45) is 0 Å². The quantitative estimate of drug-likeness (QED) is 0.746. The number of phenolic OH excluding ortho intramolecular Hbond substituents is 1. The molecule has 0 aliphatic rings. The van der Waals surface area contributed by atoms with Crippen molar-refractivity contribution in [3.63, 3.8) is 0 Å². The Morgan fingerprint density at radius 2 is 1.42 bits per heavy atom. The zero-order chi connectivity index (χ0) is 14.8. The summed E-state index contributed by atoms with van der Waals surface area (Å²) in [7, 11) is -1.90. The van der Waals surface area contributed by atoms with Crippen molar-refractivity contribution in [3.8, 4) is 11.5 Å². The Hall–Kier alpha value is -0.963. The molecule has 0 spiro atoms. The van der Waals surface area contributed by atoms with Gasteiger partial charge in [0.25, 0.3) is 8.32 Å². The molecule has 0 aromatic heterocycles. The first-order valence-corrected chi connectivity index (χ1v) is 9.34. The molecular weight excluding hydrogens is 252 g/mol. The summed E-state index contributed by atoms with van der Waals surface area (Å²) in [6.07, 6.45) is 0. The Kier molecular flexibility index (Phi) is 5.08. The lowest BCUT2D eigenvalue weighted by Gasteiger charge is -2.42. The van der Waals surface area contributed by atoms with E-state index in [1.807, 2.05) is 13.0 Å². The van der Waals surface area contributed by atoms with Gasteiger partial charge in [0.2, 0.25) is 0 Å². The highest BCUT2D eigenvalue weighted by Crippen LogP contribution is 2.43. The van der Waals surface area contributed by atoms with Crippen LogP contribution in [0.15, 0.2) is 18.2 Å². The highest BCUT2D eigenvalue weighted by Gasteiger charge is 2.47. The molecule has 1 N–H and O–H groups in total. The van der Waals surface area contributed by atoms with Gasteiger partial charge in [-0.05, 0) is 47.3 Å². The SMILES string of the molecule is Cc1cc(O)ccc1O[Si](C(C)C)(C(C)C)C(C)C.